The van der Waals surface area contributed by atoms with Crippen molar-refractivity contribution < 1.29 is 33.3 Å². The molecule has 1 unspecified atom stereocenters. The molecule has 1 N–H and O–H groups in total. The Balaban J connectivity index is 1.31. The number of methoxy groups -OCH3 is 1. The molecule has 0 radical (unpaired) electrons. The zero-order valence-corrected chi connectivity index (χ0v) is 18.9. The van der Waals surface area contributed by atoms with Crippen molar-refractivity contribution in [2.24, 2.45) is 0 Å². The number of ether oxygens (including phenoxy) is 5. The van der Waals surface area contributed by atoms with Gasteiger partial charge < -0.3 is 29.0 Å². The lowest BCUT2D eigenvalue weighted by atomic mass is 10.2. The first-order valence-corrected chi connectivity index (χ1v) is 10.8. The maximum Gasteiger partial charge on any atom is 0.339 e. The lowest BCUT2D eigenvalue weighted by Gasteiger charge is -2.15. The molecular weight excluding hydrogens is 438 g/mol. The number of fused-ring (bicyclic) bond motifs is 1. The molecule has 0 bridgehead atoms. The van der Waals surface area contributed by atoms with Gasteiger partial charge in [0.2, 0.25) is 6.79 Å². The Bertz CT molecular complexity index is 1160. The standard InChI is InChI=1S/C26H25NO7/c1-17(25(28)27-14-19-8-10-22-24(12-19)33-16-32-22)34-26(29)20-9-11-21(23(13-20)30-2)31-15-18-6-4-3-5-7-18/h3-13,17H,14-16H2,1-2H3,(H,27,28). The lowest BCUT2D eigenvalue weighted by Crippen LogP contribution is -2.35. The van der Waals surface area contributed by atoms with Crippen LogP contribution in [-0.2, 0) is 22.7 Å². The summed E-state index contributed by atoms with van der Waals surface area (Å²) in [4.78, 5) is 25.0. The molecule has 1 atom stereocenters. The summed E-state index contributed by atoms with van der Waals surface area (Å²) in [5, 5.41) is 2.75. The summed E-state index contributed by atoms with van der Waals surface area (Å²) in [6.45, 7) is 2.32. The number of hydrogen-bond acceptors (Lipinski definition) is 7. The maximum atomic E-state index is 12.6. The molecule has 0 spiro atoms. The average molecular weight is 463 g/mol. The van der Waals surface area contributed by atoms with Crippen LogP contribution in [0.5, 0.6) is 23.0 Å². The molecule has 1 heterocycles. The fraction of sp³-hybridized carbons (Fsp3) is 0.231. The van der Waals surface area contributed by atoms with Crippen molar-refractivity contribution in [3.63, 3.8) is 0 Å². The van der Waals surface area contributed by atoms with E-state index in [-0.39, 0.29) is 18.9 Å². The third kappa shape index (κ3) is 5.58. The molecule has 0 saturated carbocycles. The van der Waals surface area contributed by atoms with Gasteiger partial charge in [-0.2, -0.15) is 0 Å². The third-order valence-corrected chi connectivity index (χ3v) is 5.19. The molecular formula is C26H25NO7. The van der Waals surface area contributed by atoms with Crippen molar-refractivity contribution in [3.05, 3.63) is 83.4 Å². The number of benzene rings is 3. The predicted molar refractivity (Wildman–Crippen MR) is 123 cm³/mol. The molecule has 0 fully saturated rings. The van der Waals surface area contributed by atoms with Gasteiger partial charge in [0.05, 0.1) is 12.7 Å². The Labute approximate surface area is 197 Å². The van der Waals surface area contributed by atoms with Crippen LogP contribution in [0.25, 0.3) is 0 Å². The molecule has 176 valence electrons. The largest absolute Gasteiger partial charge is 0.493 e. The highest BCUT2D eigenvalue weighted by molar-refractivity contribution is 5.92. The molecule has 1 amide bonds. The topological polar surface area (TPSA) is 92.3 Å². The third-order valence-electron chi connectivity index (χ3n) is 5.19. The van der Waals surface area contributed by atoms with Gasteiger partial charge >= 0.3 is 5.97 Å². The second kappa shape index (κ2) is 10.6. The summed E-state index contributed by atoms with van der Waals surface area (Å²) in [5.74, 6) is 1.14. The van der Waals surface area contributed by atoms with Crippen molar-refractivity contribution in [1.82, 2.24) is 5.32 Å². The molecule has 34 heavy (non-hydrogen) atoms. The van der Waals surface area contributed by atoms with Gasteiger partial charge in [-0.15, -0.1) is 0 Å². The smallest absolute Gasteiger partial charge is 0.339 e. The highest BCUT2D eigenvalue weighted by Crippen LogP contribution is 2.32. The van der Waals surface area contributed by atoms with Gasteiger partial charge in [0.1, 0.15) is 6.61 Å². The number of esters is 1. The van der Waals surface area contributed by atoms with E-state index in [4.69, 9.17) is 23.7 Å². The van der Waals surface area contributed by atoms with Gasteiger partial charge in [0.15, 0.2) is 29.1 Å². The van der Waals surface area contributed by atoms with Crippen LogP contribution in [0.2, 0.25) is 0 Å². The summed E-state index contributed by atoms with van der Waals surface area (Å²) in [6.07, 6.45) is -0.985. The van der Waals surface area contributed by atoms with E-state index in [1.165, 1.54) is 20.1 Å². The fourth-order valence-corrected chi connectivity index (χ4v) is 3.32. The second-order valence-electron chi connectivity index (χ2n) is 7.59. The van der Waals surface area contributed by atoms with Crippen LogP contribution < -0.4 is 24.3 Å². The average Bonchev–Trinajstić information content (AvgIpc) is 3.34. The van der Waals surface area contributed by atoms with Crippen molar-refractivity contribution in [3.8, 4) is 23.0 Å². The number of carbonyl (C=O) groups is 2. The molecule has 3 aromatic rings. The van der Waals surface area contributed by atoms with E-state index in [0.717, 1.165) is 11.1 Å². The molecule has 3 aromatic carbocycles. The van der Waals surface area contributed by atoms with Crippen molar-refractivity contribution >= 4 is 11.9 Å². The number of rotatable bonds is 9. The molecule has 0 aliphatic carbocycles. The minimum atomic E-state index is -0.985. The van der Waals surface area contributed by atoms with Crippen LogP contribution in [0.3, 0.4) is 0 Å². The summed E-state index contributed by atoms with van der Waals surface area (Å²) in [6, 6.07) is 19.9. The Hall–Kier alpha value is -4.20. The highest BCUT2D eigenvalue weighted by Gasteiger charge is 2.21. The van der Waals surface area contributed by atoms with E-state index in [2.05, 4.69) is 5.32 Å². The van der Waals surface area contributed by atoms with E-state index in [9.17, 15) is 9.59 Å². The molecule has 1 aliphatic rings. The van der Waals surface area contributed by atoms with Crippen molar-refractivity contribution in [1.29, 1.82) is 0 Å². The van der Waals surface area contributed by atoms with E-state index in [1.807, 2.05) is 36.4 Å². The summed E-state index contributed by atoms with van der Waals surface area (Å²) >= 11 is 0. The number of hydrogen-bond donors (Lipinski definition) is 1. The van der Waals surface area contributed by atoms with E-state index in [1.54, 1.807) is 24.3 Å². The Morgan fingerprint density at radius 2 is 1.74 bits per heavy atom. The zero-order valence-electron chi connectivity index (χ0n) is 18.9. The normalized spacial score (nSPS) is 12.5. The first-order valence-electron chi connectivity index (χ1n) is 10.8. The Kier molecular flexibility index (Phi) is 7.17. The van der Waals surface area contributed by atoms with Gasteiger partial charge in [-0.3, -0.25) is 4.79 Å². The molecule has 1 aliphatic heterocycles. The second-order valence-corrected chi connectivity index (χ2v) is 7.59. The van der Waals surface area contributed by atoms with Gasteiger partial charge in [0.25, 0.3) is 5.91 Å². The number of nitrogens with one attached hydrogen (secondary N) is 1. The maximum absolute atomic E-state index is 12.6. The van der Waals surface area contributed by atoms with Gasteiger partial charge in [0, 0.05) is 6.54 Å². The number of amides is 1. The summed E-state index contributed by atoms with van der Waals surface area (Å²) in [5.41, 5.74) is 2.10. The lowest BCUT2D eigenvalue weighted by molar-refractivity contribution is -0.129. The SMILES string of the molecule is COc1cc(C(=O)OC(C)C(=O)NCc2ccc3c(c2)OCO3)ccc1OCc1ccccc1. The van der Waals surface area contributed by atoms with Crippen LogP contribution in [0.4, 0.5) is 0 Å². The highest BCUT2D eigenvalue weighted by atomic mass is 16.7. The van der Waals surface area contributed by atoms with Crippen molar-refractivity contribution in [2.45, 2.75) is 26.2 Å². The van der Waals surface area contributed by atoms with Gasteiger partial charge in [-0.1, -0.05) is 36.4 Å². The van der Waals surface area contributed by atoms with Crippen LogP contribution >= 0.6 is 0 Å². The first kappa shape index (κ1) is 23.0. The molecule has 8 heteroatoms. The first-order chi connectivity index (χ1) is 16.5. The molecule has 8 nitrogen and oxygen atoms in total. The quantitative estimate of drug-likeness (QED) is 0.482. The summed E-state index contributed by atoms with van der Waals surface area (Å²) < 4.78 is 27.1. The minimum Gasteiger partial charge on any atom is -0.493 e. The van der Waals surface area contributed by atoms with E-state index < -0.39 is 18.0 Å². The zero-order chi connectivity index (χ0) is 23.9. The Morgan fingerprint density at radius 3 is 2.53 bits per heavy atom. The van der Waals surface area contributed by atoms with Gasteiger partial charge in [-0.25, -0.2) is 4.79 Å². The predicted octanol–water partition coefficient (Wildman–Crippen LogP) is 3.86. The monoisotopic (exact) mass is 463 g/mol. The van der Waals surface area contributed by atoms with E-state index >= 15 is 0 Å². The molecule has 0 saturated heterocycles. The van der Waals surface area contributed by atoms with Crippen LogP contribution in [0, 0.1) is 0 Å². The van der Waals surface area contributed by atoms with Crippen LogP contribution in [-0.4, -0.2) is 31.9 Å². The van der Waals surface area contributed by atoms with Crippen molar-refractivity contribution in [2.75, 3.05) is 13.9 Å². The van der Waals surface area contributed by atoms with Crippen LogP contribution in [0.15, 0.2) is 66.7 Å². The van der Waals surface area contributed by atoms with Gasteiger partial charge in [-0.05, 0) is 48.4 Å². The summed E-state index contributed by atoms with van der Waals surface area (Å²) in [7, 11) is 1.49. The fourth-order valence-electron chi connectivity index (χ4n) is 3.32. The minimum absolute atomic E-state index is 0.184. The number of carbonyl (C=O) groups excluding carboxylic acids is 2. The van der Waals surface area contributed by atoms with E-state index in [0.29, 0.717) is 29.6 Å². The van der Waals surface area contributed by atoms with Crippen LogP contribution in [0.1, 0.15) is 28.4 Å². The Morgan fingerprint density at radius 1 is 0.941 bits per heavy atom. The molecule has 0 aromatic heterocycles. The molecule has 4 rings (SSSR count).